The molecule has 0 aromatic heterocycles. The summed E-state index contributed by atoms with van der Waals surface area (Å²) < 4.78 is 11.4. The standard InChI is InChI=1S/C19H32N2O2/c1-3-22-18-10-6-7-11-19(18)23-17-9-5-4-8-12-21-15-13-20(2)14-16-21/h6-7,10-11H,3-5,8-9,12-17H2,1-2H3/p+2. The number of rotatable bonds is 10. The van der Waals surface area contributed by atoms with Crippen LogP contribution in [-0.2, 0) is 0 Å². The molecule has 4 heteroatoms. The van der Waals surface area contributed by atoms with Crippen molar-refractivity contribution >= 4 is 0 Å². The number of benzene rings is 1. The molecular weight excluding hydrogens is 288 g/mol. The second-order valence-corrected chi connectivity index (χ2v) is 6.60. The Hall–Kier alpha value is -1.26. The van der Waals surface area contributed by atoms with Gasteiger partial charge in [0.2, 0.25) is 0 Å². The number of para-hydroxylation sites is 2. The number of hydrogen-bond donors (Lipinski definition) is 2. The van der Waals surface area contributed by atoms with Crippen LogP contribution >= 0.6 is 0 Å². The number of nitrogens with one attached hydrogen (secondary N) is 2. The molecule has 2 rings (SSSR count). The Balaban J connectivity index is 1.51. The monoisotopic (exact) mass is 322 g/mol. The molecule has 0 unspecified atom stereocenters. The maximum atomic E-state index is 5.87. The summed E-state index contributed by atoms with van der Waals surface area (Å²) in [5.41, 5.74) is 0. The van der Waals surface area contributed by atoms with Crippen LogP contribution in [0, 0.1) is 0 Å². The summed E-state index contributed by atoms with van der Waals surface area (Å²) in [6.07, 6.45) is 5.06. The molecule has 1 aromatic carbocycles. The third-order valence-electron chi connectivity index (χ3n) is 4.64. The fraction of sp³-hybridized carbons (Fsp3) is 0.684. The lowest BCUT2D eigenvalue weighted by Gasteiger charge is -2.27. The third-order valence-corrected chi connectivity index (χ3v) is 4.64. The van der Waals surface area contributed by atoms with Crippen LogP contribution in [0.1, 0.15) is 32.6 Å². The summed E-state index contributed by atoms with van der Waals surface area (Å²) in [5.74, 6) is 1.73. The van der Waals surface area contributed by atoms with E-state index in [-0.39, 0.29) is 0 Å². The van der Waals surface area contributed by atoms with Gasteiger partial charge in [-0.15, -0.1) is 0 Å². The topological polar surface area (TPSA) is 27.3 Å². The van der Waals surface area contributed by atoms with E-state index < -0.39 is 0 Å². The van der Waals surface area contributed by atoms with Gasteiger partial charge in [0.25, 0.3) is 0 Å². The predicted octanol–water partition coefficient (Wildman–Crippen LogP) is 0.438. The Morgan fingerprint density at radius 2 is 1.52 bits per heavy atom. The zero-order valence-electron chi connectivity index (χ0n) is 14.9. The summed E-state index contributed by atoms with van der Waals surface area (Å²) in [5, 5.41) is 0. The second-order valence-electron chi connectivity index (χ2n) is 6.60. The molecule has 2 N–H and O–H groups in total. The van der Waals surface area contributed by atoms with E-state index in [2.05, 4.69) is 7.05 Å². The highest BCUT2D eigenvalue weighted by Crippen LogP contribution is 2.26. The highest BCUT2D eigenvalue weighted by molar-refractivity contribution is 5.39. The minimum atomic E-state index is 0.677. The minimum absolute atomic E-state index is 0.677. The van der Waals surface area contributed by atoms with Crippen molar-refractivity contribution in [2.24, 2.45) is 0 Å². The average molecular weight is 322 g/mol. The maximum absolute atomic E-state index is 5.87. The Bertz CT molecular complexity index is 431. The summed E-state index contributed by atoms with van der Waals surface area (Å²) >= 11 is 0. The van der Waals surface area contributed by atoms with Crippen molar-refractivity contribution in [3.8, 4) is 11.5 Å². The van der Waals surface area contributed by atoms with Crippen LogP contribution in [-0.4, -0.2) is 53.0 Å². The van der Waals surface area contributed by atoms with Gasteiger partial charge >= 0.3 is 0 Å². The highest BCUT2D eigenvalue weighted by atomic mass is 16.5. The van der Waals surface area contributed by atoms with Crippen molar-refractivity contribution < 1.29 is 19.3 Å². The first-order valence-corrected chi connectivity index (χ1v) is 9.29. The molecular formula is C19H34N2O2+2. The number of unbranched alkanes of at least 4 members (excludes halogenated alkanes) is 3. The van der Waals surface area contributed by atoms with E-state index in [9.17, 15) is 0 Å². The fourth-order valence-corrected chi connectivity index (χ4v) is 3.14. The summed E-state index contributed by atoms with van der Waals surface area (Å²) in [6, 6.07) is 7.95. The van der Waals surface area contributed by atoms with Crippen molar-refractivity contribution in [3.63, 3.8) is 0 Å². The molecule has 1 aliphatic heterocycles. The largest absolute Gasteiger partial charge is 0.490 e. The van der Waals surface area contributed by atoms with Crippen LogP contribution in [0.3, 0.4) is 0 Å². The van der Waals surface area contributed by atoms with Gasteiger partial charge in [-0.25, -0.2) is 0 Å². The lowest BCUT2D eigenvalue weighted by molar-refractivity contribution is -1.00. The number of ether oxygens (including phenoxy) is 2. The molecule has 1 aliphatic rings. The van der Waals surface area contributed by atoms with Gasteiger partial charge in [0, 0.05) is 0 Å². The number of piperazine rings is 1. The quantitative estimate of drug-likeness (QED) is 0.612. The van der Waals surface area contributed by atoms with Gasteiger partial charge in [-0.3, -0.25) is 0 Å². The molecule has 0 radical (unpaired) electrons. The van der Waals surface area contributed by atoms with Crippen LogP contribution in [0.2, 0.25) is 0 Å². The number of quaternary nitrogens is 2. The predicted molar refractivity (Wildman–Crippen MR) is 93.8 cm³/mol. The molecule has 1 fully saturated rings. The highest BCUT2D eigenvalue weighted by Gasteiger charge is 2.18. The van der Waals surface area contributed by atoms with E-state index >= 15 is 0 Å². The van der Waals surface area contributed by atoms with Gasteiger partial charge in [-0.2, -0.15) is 0 Å². The third kappa shape index (κ3) is 6.80. The van der Waals surface area contributed by atoms with Crippen LogP contribution < -0.4 is 19.3 Å². The van der Waals surface area contributed by atoms with Crippen molar-refractivity contribution in [3.05, 3.63) is 24.3 Å². The van der Waals surface area contributed by atoms with Crippen LogP contribution in [0.5, 0.6) is 11.5 Å². The Morgan fingerprint density at radius 3 is 2.22 bits per heavy atom. The van der Waals surface area contributed by atoms with Gasteiger partial charge in [-0.1, -0.05) is 12.1 Å². The summed E-state index contributed by atoms with van der Waals surface area (Å²) in [4.78, 5) is 3.50. The van der Waals surface area contributed by atoms with E-state index in [1.54, 1.807) is 9.80 Å². The molecule has 0 saturated carbocycles. The van der Waals surface area contributed by atoms with Crippen molar-refractivity contribution in [1.82, 2.24) is 0 Å². The molecule has 0 spiro atoms. The fourth-order valence-electron chi connectivity index (χ4n) is 3.14. The Morgan fingerprint density at radius 1 is 0.870 bits per heavy atom. The zero-order valence-corrected chi connectivity index (χ0v) is 14.9. The molecule has 4 nitrogen and oxygen atoms in total. The van der Waals surface area contributed by atoms with E-state index in [4.69, 9.17) is 9.47 Å². The summed E-state index contributed by atoms with van der Waals surface area (Å²) in [6.45, 7) is 10.2. The van der Waals surface area contributed by atoms with Crippen LogP contribution in [0.25, 0.3) is 0 Å². The minimum Gasteiger partial charge on any atom is -0.490 e. The van der Waals surface area contributed by atoms with Crippen molar-refractivity contribution in [2.45, 2.75) is 32.6 Å². The average Bonchev–Trinajstić information content (AvgIpc) is 2.57. The molecule has 23 heavy (non-hydrogen) atoms. The van der Waals surface area contributed by atoms with Crippen LogP contribution in [0.4, 0.5) is 0 Å². The lowest BCUT2D eigenvalue weighted by Crippen LogP contribution is -3.27. The van der Waals surface area contributed by atoms with Gasteiger partial charge in [0.15, 0.2) is 11.5 Å². The lowest BCUT2D eigenvalue weighted by atomic mass is 10.2. The Labute approximate surface area is 141 Å². The molecule has 1 aromatic rings. The normalized spacial score (nSPS) is 21.1. The number of hydrogen-bond acceptors (Lipinski definition) is 2. The molecule has 0 amide bonds. The summed E-state index contributed by atoms with van der Waals surface area (Å²) in [7, 11) is 2.31. The van der Waals surface area contributed by atoms with Gasteiger partial charge in [0.05, 0.1) is 26.8 Å². The second kappa shape index (κ2) is 10.5. The Kier molecular flexibility index (Phi) is 8.26. The first-order chi connectivity index (χ1) is 11.3. The maximum Gasteiger partial charge on any atom is 0.161 e. The van der Waals surface area contributed by atoms with E-state index in [0.717, 1.165) is 24.5 Å². The van der Waals surface area contributed by atoms with Gasteiger partial charge < -0.3 is 19.3 Å². The van der Waals surface area contributed by atoms with E-state index in [1.807, 2.05) is 31.2 Å². The molecule has 0 atom stereocenters. The van der Waals surface area contributed by atoms with E-state index in [0.29, 0.717) is 6.61 Å². The molecule has 0 bridgehead atoms. The molecule has 1 heterocycles. The molecule has 0 aliphatic carbocycles. The number of likely N-dealkylation sites (N-methyl/N-ethyl adjacent to an activating group) is 1. The van der Waals surface area contributed by atoms with Crippen LogP contribution in [0.15, 0.2) is 24.3 Å². The van der Waals surface area contributed by atoms with Crippen molar-refractivity contribution in [1.29, 1.82) is 0 Å². The molecule has 130 valence electrons. The molecule has 1 saturated heterocycles. The SMILES string of the molecule is CCOc1ccccc1OCCCCCC[NH+]1CC[NH+](C)CC1. The van der Waals surface area contributed by atoms with Crippen molar-refractivity contribution in [2.75, 3.05) is 53.0 Å². The first-order valence-electron chi connectivity index (χ1n) is 9.29. The first kappa shape index (κ1) is 18.1. The van der Waals surface area contributed by atoms with Gasteiger partial charge in [0.1, 0.15) is 26.2 Å². The van der Waals surface area contributed by atoms with Gasteiger partial charge in [-0.05, 0) is 44.7 Å². The zero-order chi connectivity index (χ0) is 16.3. The smallest absolute Gasteiger partial charge is 0.161 e. The van der Waals surface area contributed by atoms with E-state index in [1.165, 1.54) is 52.0 Å².